The van der Waals surface area contributed by atoms with E-state index in [4.69, 9.17) is 11.6 Å². The Kier molecular flexibility index (Phi) is 4.41. The van der Waals surface area contributed by atoms with Gasteiger partial charge in [0.05, 0.1) is 0 Å². The van der Waals surface area contributed by atoms with Gasteiger partial charge in [0.15, 0.2) is 5.82 Å². The number of nitrogens with zero attached hydrogens (tertiary/aromatic N) is 2. The molecule has 6 nitrogen and oxygen atoms in total. The summed E-state index contributed by atoms with van der Waals surface area (Å²) in [6.45, 7) is 0. The van der Waals surface area contributed by atoms with Crippen LogP contribution in [0.5, 0.6) is 0 Å². The van der Waals surface area contributed by atoms with Crippen LogP contribution in [0.4, 0.5) is 11.6 Å². The molecule has 2 amide bonds. The summed E-state index contributed by atoms with van der Waals surface area (Å²) in [5, 5.41) is 10.6. The van der Waals surface area contributed by atoms with Crippen LogP contribution in [0.2, 0.25) is 5.02 Å². The van der Waals surface area contributed by atoms with Crippen LogP contribution >= 0.6 is 11.6 Å². The number of halogens is 1. The second-order valence-corrected chi connectivity index (χ2v) is 6.85. The largest absolute Gasteiger partial charge is 0.311 e. The minimum Gasteiger partial charge on any atom is -0.311 e. The smallest absolute Gasteiger partial charge is 0.256 e. The van der Waals surface area contributed by atoms with Gasteiger partial charge < -0.3 is 10.6 Å². The Labute approximate surface area is 161 Å². The Hall–Kier alpha value is -3.12. The Bertz CT molecular complexity index is 1030. The fraction of sp³-hybridized carbons (Fsp3) is 0.150. The Morgan fingerprint density at radius 2 is 2.00 bits per heavy atom. The maximum absolute atomic E-state index is 12.7. The molecule has 3 aromatic rings. The molecule has 1 aliphatic rings. The van der Waals surface area contributed by atoms with Gasteiger partial charge in [0.25, 0.3) is 5.91 Å². The molecule has 4 rings (SSSR count). The standard InChI is InChI=1S/C20H17ClN4O2/c1-25-19-17(15(11-16(26)22-19)12-6-3-2-4-7-12)18(24-25)23-20(27)13-8-5-9-14(21)10-13/h2-10,15H,11H2,1H3,(H,22,26)(H,23,24,27)/t15-/m1/s1. The quantitative estimate of drug-likeness (QED) is 0.725. The average Bonchev–Trinajstić information content (AvgIpc) is 2.97. The van der Waals surface area contributed by atoms with Crippen LogP contribution in [-0.4, -0.2) is 21.6 Å². The number of rotatable bonds is 3. The summed E-state index contributed by atoms with van der Waals surface area (Å²) in [6.07, 6.45) is 0.294. The molecular formula is C20H17ClN4O2. The van der Waals surface area contributed by atoms with Crippen molar-refractivity contribution in [3.63, 3.8) is 0 Å². The van der Waals surface area contributed by atoms with Crippen LogP contribution in [0.15, 0.2) is 54.6 Å². The van der Waals surface area contributed by atoms with Crippen molar-refractivity contribution in [2.45, 2.75) is 12.3 Å². The SMILES string of the molecule is Cn1nc(NC(=O)c2cccc(Cl)c2)c2c1NC(=O)C[C@@H]2c1ccccc1. The number of hydrogen-bond acceptors (Lipinski definition) is 3. The molecule has 0 radical (unpaired) electrons. The van der Waals surface area contributed by atoms with Crippen molar-refractivity contribution < 1.29 is 9.59 Å². The molecule has 2 heterocycles. The highest BCUT2D eigenvalue weighted by atomic mass is 35.5. The predicted octanol–water partition coefficient (Wildman–Crippen LogP) is 3.80. The van der Waals surface area contributed by atoms with Gasteiger partial charge in [-0.05, 0) is 23.8 Å². The van der Waals surface area contributed by atoms with E-state index in [0.29, 0.717) is 28.6 Å². The zero-order chi connectivity index (χ0) is 19.0. The van der Waals surface area contributed by atoms with Crippen molar-refractivity contribution in [3.8, 4) is 0 Å². The molecule has 27 heavy (non-hydrogen) atoms. The lowest BCUT2D eigenvalue weighted by atomic mass is 9.86. The maximum Gasteiger partial charge on any atom is 0.256 e. The summed E-state index contributed by atoms with van der Waals surface area (Å²) >= 11 is 5.98. The van der Waals surface area contributed by atoms with Crippen LogP contribution in [0.1, 0.15) is 33.8 Å². The number of benzene rings is 2. The number of anilines is 2. The Morgan fingerprint density at radius 1 is 1.22 bits per heavy atom. The third kappa shape index (κ3) is 3.31. The summed E-state index contributed by atoms with van der Waals surface area (Å²) in [4.78, 5) is 24.9. The number of fused-ring (bicyclic) bond motifs is 1. The van der Waals surface area contributed by atoms with E-state index in [1.807, 2.05) is 30.3 Å². The van der Waals surface area contributed by atoms with E-state index in [1.165, 1.54) is 0 Å². The first-order valence-electron chi connectivity index (χ1n) is 8.51. The van der Waals surface area contributed by atoms with Crippen LogP contribution < -0.4 is 10.6 Å². The molecule has 2 aromatic carbocycles. The topological polar surface area (TPSA) is 76.0 Å². The molecule has 0 saturated carbocycles. The molecule has 2 N–H and O–H groups in total. The first-order chi connectivity index (χ1) is 13.0. The first kappa shape index (κ1) is 17.3. The highest BCUT2D eigenvalue weighted by molar-refractivity contribution is 6.31. The molecule has 1 aromatic heterocycles. The normalized spacial score (nSPS) is 15.8. The van der Waals surface area contributed by atoms with Crippen molar-refractivity contribution in [1.29, 1.82) is 0 Å². The third-order valence-corrected chi connectivity index (χ3v) is 4.84. The van der Waals surface area contributed by atoms with Gasteiger partial charge in [-0.2, -0.15) is 5.10 Å². The highest BCUT2D eigenvalue weighted by Crippen LogP contribution is 2.41. The lowest BCUT2D eigenvalue weighted by Gasteiger charge is -2.24. The van der Waals surface area contributed by atoms with Crippen molar-refractivity contribution in [2.24, 2.45) is 7.05 Å². The fourth-order valence-electron chi connectivity index (χ4n) is 3.36. The van der Waals surface area contributed by atoms with Crippen molar-refractivity contribution in [1.82, 2.24) is 9.78 Å². The van der Waals surface area contributed by atoms with E-state index in [2.05, 4.69) is 15.7 Å². The second kappa shape index (κ2) is 6.89. The molecule has 0 aliphatic carbocycles. The van der Waals surface area contributed by atoms with Crippen molar-refractivity contribution in [3.05, 3.63) is 76.3 Å². The van der Waals surface area contributed by atoms with E-state index >= 15 is 0 Å². The highest BCUT2D eigenvalue weighted by Gasteiger charge is 2.33. The molecule has 136 valence electrons. The lowest BCUT2D eigenvalue weighted by Crippen LogP contribution is -2.25. The van der Waals surface area contributed by atoms with Gasteiger partial charge in [0, 0.05) is 35.5 Å². The van der Waals surface area contributed by atoms with E-state index < -0.39 is 0 Å². The lowest BCUT2D eigenvalue weighted by molar-refractivity contribution is -0.116. The minimum atomic E-state index is -0.304. The van der Waals surface area contributed by atoms with Gasteiger partial charge in [0.2, 0.25) is 5.91 Å². The molecule has 1 atom stereocenters. The Morgan fingerprint density at radius 3 is 2.74 bits per heavy atom. The van der Waals surface area contributed by atoms with Crippen molar-refractivity contribution >= 4 is 35.1 Å². The maximum atomic E-state index is 12.7. The monoisotopic (exact) mass is 380 g/mol. The Balaban J connectivity index is 1.74. The average molecular weight is 381 g/mol. The number of hydrogen-bond donors (Lipinski definition) is 2. The summed E-state index contributed by atoms with van der Waals surface area (Å²) in [7, 11) is 1.74. The van der Waals surface area contributed by atoms with E-state index in [9.17, 15) is 9.59 Å². The van der Waals surface area contributed by atoms with Gasteiger partial charge >= 0.3 is 0 Å². The van der Waals surface area contributed by atoms with E-state index in [-0.39, 0.29) is 17.7 Å². The minimum absolute atomic E-state index is 0.0768. The van der Waals surface area contributed by atoms with Gasteiger partial charge in [-0.3, -0.25) is 14.3 Å². The number of aryl methyl sites for hydroxylation is 1. The zero-order valence-electron chi connectivity index (χ0n) is 14.6. The predicted molar refractivity (Wildman–Crippen MR) is 104 cm³/mol. The van der Waals surface area contributed by atoms with Crippen molar-refractivity contribution in [2.75, 3.05) is 10.6 Å². The zero-order valence-corrected chi connectivity index (χ0v) is 15.3. The molecule has 0 bridgehead atoms. The van der Waals surface area contributed by atoms with Crippen LogP contribution in [0.3, 0.4) is 0 Å². The number of amides is 2. The molecular weight excluding hydrogens is 364 g/mol. The molecule has 7 heteroatoms. The number of carbonyl (C=O) groups is 2. The first-order valence-corrected chi connectivity index (χ1v) is 8.89. The molecule has 0 unspecified atom stereocenters. The molecule has 0 spiro atoms. The van der Waals surface area contributed by atoms with Crippen LogP contribution in [0.25, 0.3) is 0 Å². The number of carbonyl (C=O) groups excluding carboxylic acids is 2. The van der Waals surface area contributed by atoms with E-state index in [1.54, 1.807) is 36.0 Å². The third-order valence-electron chi connectivity index (χ3n) is 4.60. The van der Waals surface area contributed by atoms with E-state index in [0.717, 1.165) is 11.1 Å². The summed E-state index contributed by atoms with van der Waals surface area (Å²) in [6, 6.07) is 16.5. The van der Waals surface area contributed by atoms with Gasteiger partial charge in [0.1, 0.15) is 5.82 Å². The number of nitrogens with one attached hydrogen (secondary N) is 2. The molecule has 0 fully saturated rings. The second-order valence-electron chi connectivity index (χ2n) is 6.41. The van der Waals surface area contributed by atoms with Gasteiger partial charge in [-0.1, -0.05) is 48.0 Å². The van der Waals surface area contributed by atoms with Crippen LogP contribution in [-0.2, 0) is 11.8 Å². The molecule has 1 aliphatic heterocycles. The van der Waals surface area contributed by atoms with Gasteiger partial charge in [-0.15, -0.1) is 0 Å². The summed E-state index contributed by atoms with van der Waals surface area (Å²) in [5.74, 6) is 0.473. The van der Waals surface area contributed by atoms with Gasteiger partial charge in [-0.25, -0.2) is 0 Å². The summed E-state index contributed by atoms with van der Waals surface area (Å²) < 4.78 is 1.58. The number of aromatic nitrogens is 2. The summed E-state index contributed by atoms with van der Waals surface area (Å²) in [5.41, 5.74) is 2.25. The van der Waals surface area contributed by atoms with Crippen LogP contribution in [0, 0.1) is 0 Å². The fourth-order valence-corrected chi connectivity index (χ4v) is 3.55. The molecule has 0 saturated heterocycles.